The summed E-state index contributed by atoms with van der Waals surface area (Å²) in [5, 5.41) is 2.93. The van der Waals surface area contributed by atoms with Crippen molar-refractivity contribution in [3.63, 3.8) is 0 Å². The van der Waals surface area contributed by atoms with Gasteiger partial charge < -0.3 is 10.1 Å². The fourth-order valence-corrected chi connectivity index (χ4v) is 2.73. The van der Waals surface area contributed by atoms with Crippen molar-refractivity contribution in [3.05, 3.63) is 52.8 Å². The molecule has 2 rings (SSSR count). The van der Waals surface area contributed by atoms with E-state index in [-0.39, 0.29) is 11.3 Å². The minimum atomic E-state index is -0.597. The molecule has 0 bridgehead atoms. The van der Waals surface area contributed by atoms with Crippen molar-refractivity contribution in [2.75, 3.05) is 5.32 Å². The number of nitrogens with zero attached hydrogens (tertiary/aromatic N) is 1. The van der Waals surface area contributed by atoms with Gasteiger partial charge in [-0.25, -0.2) is 0 Å². The Kier molecular flexibility index (Phi) is 5.51. The number of ether oxygens (including phenoxy) is 1. The molecule has 1 atom stereocenters. The number of rotatable bonds is 4. The number of pyridine rings is 1. The first-order chi connectivity index (χ1) is 11.6. The second-order valence-corrected chi connectivity index (χ2v) is 7.56. The molecule has 0 spiro atoms. The number of aryl methyl sites for hydroxylation is 3. The van der Waals surface area contributed by atoms with Crippen LogP contribution in [0.2, 0.25) is 0 Å². The van der Waals surface area contributed by atoms with E-state index >= 15 is 0 Å². The maximum absolute atomic E-state index is 12.5. The highest BCUT2D eigenvalue weighted by Gasteiger charge is 2.18. The number of aromatic nitrogens is 1. The fourth-order valence-electron chi connectivity index (χ4n) is 2.73. The van der Waals surface area contributed by atoms with Crippen molar-refractivity contribution in [2.24, 2.45) is 0 Å². The van der Waals surface area contributed by atoms with Crippen LogP contribution in [0.4, 0.5) is 5.69 Å². The number of hydrogen-bond donors (Lipinski definition) is 1. The maximum atomic E-state index is 12.5. The number of hydrogen-bond acceptors (Lipinski definition) is 3. The number of anilines is 1. The molecule has 0 saturated carbocycles. The van der Waals surface area contributed by atoms with Crippen molar-refractivity contribution in [1.29, 1.82) is 0 Å². The first-order valence-electron chi connectivity index (χ1n) is 8.61. The Morgan fingerprint density at radius 1 is 1.12 bits per heavy atom. The first-order valence-corrected chi connectivity index (χ1v) is 8.61. The lowest BCUT2D eigenvalue weighted by Crippen LogP contribution is -2.30. The molecule has 0 aliphatic heterocycles. The number of amides is 1. The molecule has 1 amide bonds. The zero-order valence-electron chi connectivity index (χ0n) is 16.2. The molecule has 25 heavy (non-hydrogen) atoms. The molecule has 0 radical (unpaired) electrons. The number of benzene rings is 1. The first kappa shape index (κ1) is 19.0. The Labute approximate surface area is 150 Å². The largest absolute Gasteiger partial charge is 0.481 e. The normalized spacial score (nSPS) is 12.6. The molecule has 1 N–H and O–H groups in total. The summed E-state index contributed by atoms with van der Waals surface area (Å²) in [7, 11) is 0. The summed E-state index contributed by atoms with van der Waals surface area (Å²) in [6.07, 6.45) is -0.597. The van der Waals surface area contributed by atoms with Crippen molar-refractivity contribution >= 4 is 11.6 Å². The minimum absolute atomic E-state index is 0.0923. The van der Waals surface area contributed by atoms with Gasteiger partial charge in [0, 0.05) is 5.69 Å². The molecule has 4 nitrogen and oxygen atoms in total. The van der Waals surface area contributed by atoms with Gasteiger partial charge in [0.15, 0.2) is 6.10 Å². The molecule has 1 heterocycles. The SMILES string of the molecule is Cc1cc(C)c(NC(=O)C(C)Oc2ccc(C(C)(C)C)cc2)c(C)n1. The molecule has 0 fully saturated rings. The zero-order valence-corrected chi connectivity index (χ0v) is 16.2. The third-order valence-corrected chi connectivity index (χ3v) is 4.18. The molecular weight excluding hydrogens is 312 g/mol. The summed E-state index contributed by atoms with van der Waals surface area (Å²) in [6, 6.07) is 9.86. The van der Waals surface area contributed by atoms with Crippen LogP contribution in [0.3, 0.4) is 0 Å². The number of nitrogens with one attached hydrogen (secondary N) is 1. The van der Waals surface area contributed by atoms with Gasteiger partial charge >= 0.3 is 0 Å². The zero-order chi connectivity index (χ0) is 18.8. The van der Waals surface area contributed by atoms with E-state index in [0.29, 0.717) is 5.75 Å². The maximum Gasteiger partial charge on any atom is 0.265 e. The lowest BCUT2D eigenvalue weighted by Gasteiger charge is -2.20. The summed E-state index contributed by atoms with van der Waals surface area (Å²) < 4.78 is 5.79. The predicted molar refractivity (Wildman–Crippen MR) is 102 cm³/mol. The van der Waals surface area contributed by atoms with Crippen molar-refractivity contribution in [1.82, 2.24) is 4.98 Å². The van der Waals surface area contributed by atoms with Gasteiger partial charge in [0.05, 0.1) is 11.4 Å². The third kappa shape index (κ3) is 4.81. The summed E-state index contributed by atoms with van der Waals surface area (Å²) in [4.78, 5) is 16.9. The van der Waals surface area contributed by atoms with Gasteiger partial charge in [0.1, 0.15) is 5.75 Å². The van der Waals surface area contributed by atoms with Gasteiger partial charge in [-0.3, -0.25) is 9.78 Å². The standard InChI is InChI=1S/C21H28N2O2/c1-13-12-14(2)22-15(3)19(13)23-20(24)16(4)25-18-10-8-17(9-11-18)21(5,6)7/h8-12,16H,1-7H3,(H,23,24). The summed E-state index contributed by atoms with van der Waals surface area (Å²) >= 11 is 0. The molecule has 1 aromatic heterocycles. The van der Waals surface area contributed by atoms with Crippen LogP contribution in [0.25, 0.3) is 0 Å². The van der Waals surface area contributed by atoms with Crippen LogP contribution in [0.5, 0.6) is 5.75 Å². The average molecular weight is 340 g/mol. The molecule has 134 valence electrons. The Hall–Kier alpha value is -2.36. The van der Waals surface area contributed by atoms with Crippen LogP contribution in [0, 0.1) is 20.8 Å². The second kappa shape index (κ2) is 7.26. The van der Waals surface area contributed by atoms with Gasteiger partial charge in [0.2, 0.25) is 0 Å². The van der Waals surface area contributed by atoms with E-state index < -0.39 is 6.10 Å². The van der Waals surface area contributed by atoms with Gasteiger partial charge in [-0.15, -0.1) is 0 Å². The van der Waals surface area contributed by atoms with Gasteiger partial charge in [-0.1, -0.05) is 32.9 Å². The van der Waals surface area contributed by atoms with E-state index in [1.807, 2.05) is 51.1 Å². The summed E-state index contributed by atoms with van der Waals surface area (Å²) in [5.74, 6) is 0.503. The smallest absolute Gasteiger partial charge is 0.265 e. The molecule has 0 saturated heterocycles. The molecule has 1 unspecified atom stereocenters. The summed E-state index contributed by atoms with van der Waals surface area (Å²) in [5.41, 5.74) is 4.83. The van der Waals surface area contributed by atoms with Gasteiger partial charge in [0.25, 0.3) is 5.91 Å². The van der Waals surface area contributed by atoms with Crippen molar-refractivity contribution < 1.29 is 9.53 Å². The molecule has 0 aliphatic rings. The topological polar surface area (TPSA) is 51.2 Å². The Balaban J connectivity index is 2.06. The molecular formula is C21H28N2O2. The highest BCUT2D eigenvalue weighted by atomic mass is 16.5. The third-order valence-electron chi connectivity index (χ3n) is 4.18. The minimum Gasteiger partial charge on any atom is -0.481 e. The lowest BCUT2D eigenvalue weighted by atomic mass is 9.87. The Morgan fingerprint density at radius 3 is 2.24 bits per heavy atom. The van der Waals surface area contributed by atoms with Crippen molar-refractivity contribution in [3.8, 4) is 5.75 Å². The van der Waals surface area contributed by atoms with Gasteiger partial charge in [-0.2, -0.15) is 0 Å². The molecule has 2 aromatic rings. The van der Waals surface area contributed by atoms with Crippen molar-refractivity contribution in [2.45, 2.75) is 60.0 Å². The van der Waals surface area contributed by atoms with Crippen LogP contribution >= 0.6 is 0 Å². The monoisotopic (exact) mass is 340 g/mol. The number of carbonyl (C=O) groups excluding carboxylic acids is 1. The highest BCUT2D eigenvalue weighted by Crippen LogP contribution is 2.25. The summed E-state index contributed by atoms with van der Waals surface area (Å²) in [6.45, 7) is 14.1. The number of carbonyl (C=O) groups is 1. The van der Waals surface area contributed by atoms with E-state index in [2.05, 4.69) is 31.1 Å². The average Bonchev–Trinajstić information content (AvgIpc) is 2.50. The van der Waals surface area contributed by atoms with Crippen LogP contribution in [-0.2, 0) is 10.2 Å². The molecule has 1 aromatic carbocycles. The predicted octanol–water partition coefficient (Wildman–Crippen LogP) is 4.71. The molecule has 0 aliphatic carbocycles. The second-order valence-electron chi connectivity index (χ2n) is 7.56. The highest BCUT2D eigenvalue weighted by molar-refractivity contribution is 5.95. The Morgan fingerprint density at radius 2 is 1.72 bits per heavy atom. The fraction of sp³-hybridized carbons (Fsp3) is 0.429. The molecule has 4 heteroatoms. The quantitative estimate of drug-likeness (QED) is 0.877. The van der Waals surface area contributed by atoms with Crippen LogP contribution < -0.4 is 10.1 Å². The van der Waals surface area contributed by atoms with E-state index in [1.165, 1.54) is 5.56 Å². The van der Waals surface area contributed by atoms with Crippen LogP contribution in [-0.4, -0.2) is 17.0 Å². The van der Waals surface area contributed by atoms with Crippen LogP contribution in [0.15, 0.2) is 30.3 Å². The van der Waals surface area contributed by atoms with E-state index in [4.69, 9.17) is 4.74 Å². The van der Waals surface area contributed by atoms with E-state index in [9.17, 15) is 4.79 Å². The van der Waals surface area contributed by atoms with E-state index in [1.54, 1.807) is 6.92 Å². The van der Waals surface area contributed by atoms with Gasteiger partial charge in [-0.05, 0) is 62.4 Å². The van der Waals surface area contributed by atoms with Crippen LogP contribution in [0.1, 0.15) is 50.2 Å². The lowest BCUT2D eigenvalue weighted by molar-refractivity contribution is -0.122. The van der Waals surface area contributed by atoms with E-state index in [0.717, 1.165) is 22.6 Å². The Bertz CT molecular complexity index is 735.